The number of amides is 1. The second kappa shape index (κ2) is 5.79. The normalized spacial score (nSPS) is 14.9. The minimum atomic E-state index is 0.0622. The standard InChI is InChI=1S/C16H17ClN2OS/c1-3-18-15(16-14(17)9(2)8-21-16)10-4-5-12-11(6-10)7-13(20)19-12/h4-6,8,15,18H,3,7H2,1-2H3,(H,19,20). The summed E-state index contributed by atoms with van der Waals surface area (Å²) < 4.78 is 0. The highest BCUT2D eigenvalue weighted by Gasteiger charge is 2.23. The number of anilines is 1. The first-order chi connectivity index (χ1) is 10.1. The molecular weight excluding hydrogens is 304 g/mol. The first-order valence-electron chi connectivity index (χ1n) is 6.99. The van der Waals surface area contributed by atoms with Crippen LogP contribution >= 0.6 is 22.9 Å². The summed E-state index contributed by atoms with van der Waals surface area (Å²) in [6, 6.07) is 6.21. The van der Waals surface area contributed by atoms with Crippen molar-refractivity contribution in [3.8, 4) is 0 Å². The van der Waals surface area contributed by atoms with E-state index in [1.807, 2.05) is 13.0 Å². The molecule has 1 unspecified atom stereocenters. The van der Waals surface area contributed by atoms with Gasteiger partial charge in [-0.25, -0.2) is 0 Å². The number of benzene rings is 1. The Morgan fingerprint density at radius 1 is 1.48 bits per heavy atom. The quantitative estimate of drug-likeness (QED) is 0.897. The highest BCUT2D eigenvalue weighted by atomic mass is 35.5. The van der Waals surface area contributed by atoms with Crippen LogP contribution in [0, 0.1) is 6.92 Å². The topological polar surface area (TPSA) is 41.1 Å². The predicted octanol–water partition coefficient (Wildman–Crippen LogP) is 3.90. The van der Waals surface area contributed by atoms with Crippen LogP contribution in [-0.4, -0.2) is 12.5 Å². The van der Waals surface area contributed by atoms with E-state index in [-0.39, 0.29) is 11.9 Å². The van der Waals surface area contributed by atoms with Crippen LogP contribution < -0.4 is 10.6 Å². The van der Waals surface area contributed by atoms with Crippen molar-refractivity contribution in [3.63, 3.8) is 0 Å². The molecule has 1 aromatic carbocycles. The van der Waals surface area contributed by atoms with Gasteiger partial charge in [-0.05, 0) is 41.6 Å². The molecule has 3 nitrogen and oxygen atoms in total. The van der Waals surface area contributed by atoms with Gasteiger partial charge in [0.1, 0.15) is 0 Å². The highest BCUT2D eigenvalue weighted by molar-refractivity contribution is 7.10. The number of carbonyl (C=O) groups excluding carboxylic acids is 1. The zero-order valence-electron chi connectivity index (χ0n) is 12.0. The molecule has 21 heavy (non-hydrogen) atoms. The molecule has 0 spiro atoms. The van der Waals surface area contributed by atoms with E-state index in [1.165, 1.54) is 0 Å². The fourth-order valence-corrected chi connectivity index (χ4v) is 4.04. The molecule has 1 amide bonds. The van der Waals surface area contributed by atoms with Crippen LogP contribution in [0.2, 0.25) is 5.02 Å². The molecule has 1 aromatic heterocycles. The van der Waals surface area contributed by atoms with E-state index < -0.39 is 0 Å². The van der Waals surface area contributed by atoms with Gasteiger partial charge in [0, 0.05) is 10.6 Å². The Hall–Kier alpha value is -1.36. The van der Waals surface area contributed by atoms with Crippen molar-refractivity contribution in [2.75, 3.05) is 11.9 Å². The number of hydrogen-bond acceptors (Lipinski definition) is 3. The third-order valence-electron chi connectivity index (χ3n) is 3.68. The number of halogens is 1. The van der Waals surface area contributed by atoms with E-state index in [9.17, 15) is 4.79 Å². The Balaban J connectivity index is 2.00. The molecule has 110 valence electrons. The Morgan fingerprint density at radius 3 is 2.95 bits per heavy atom. The molecule has 0 aliphatic carbocycles. The number of rotatable bonds is 4. The summed E-state index contributed by atoms with van der Waals surface area (Å²) in [5.74, 6) is 0.0622. The van der Waals surface area contributed by atoms with Gasteiger partial charge in [-0.2, -0.15) is 0 Å². The van der Waals surface area contributed by atoms with E-state index in [4.69, 9.17) is 11.6 Å². The minimum absolute atomic E-state index is 0.0622. The van der Waals surface area contributed by atoms with Gasteiger partial charge < -0.3 is 10.6 Å². The third-order valence-corrected chi connectivity index (χ3v) is 5.46. The minimum Gasteiger partial charge on any atom is -0.326 e. The van der Waals surface area contributed by atoms with Crippen LogP contribution in [0.4, 0.5) is 5.69 Å². The Kier molecular flexibility index (Phi) is 4.02. The molecule has 0 fully saturated rings. The molecule has 0 saturated carbocycles. The average Bonchev–Trinajstić information content (AvgIpc) is 2.99. The van der Waals surface area contributed by atoms with E-state index in [1.54, 1.807) is 11.3 Å². The monoisotopic (exact) mass is 320 g/mol. The maximum absolute atomic E-state index is 11.5. The van der Waals surface area contributed by atoms with E-state index in [0.29, 0.717) is 6.42 Å². The summed E-state index contributed by atoms with van der Waals surface area (Å²) >= 11 is 8.11. The molecule has 1 aliphatic rings. The maximum Gasteiger partial charge on any atom is 0.228 e. The summed E-state index contributed by atoms with van der Waals surface area (Å²) in [5.41, 5.74) is 4.24. The largest absolute Gasteiger partial charge is 0.326 e. The summed E-state index contributed by atoms with van der Waals surface area (Å²) in [7, 11) is 0. The maximum atomic E-state index is 11.5. The Morgan fingerprint density at radius 2 is 2.29 bits per heavy atom. The van der Waals surface area contributed by atoms with Crippen molar-refractivity contribution < 1.29 is 4.79 Å². The second-order valence-corrected chi connectivity index (χ2v) is 6.52. The molecular formula is C16H17ClN2OS. The van der Waals surface area contributed by atoms with Gasteiger partial charge in [0.15, 0.2) is 0 Å². The number of fused-ring (bicyclic) bond motifs is 1. The molecule has 0 bridgehead atoms. The molecule has 1 aliphatic heterocycles. The van der Waals surface area contributed by atoms with Crippen LogP contribution in [0.5, 0.6) is 0 Å². The first-order valence-corrected chi connectivity index (χ1v) is 8.25. The molecule has 0 saturated heterocycles. The van der Waals surface area contributed by atoms with Gasteiger partial charge in [-0.1, -0.05) is 30.7 Å². The van der Waals surface area contributed by atoms with Gasteiger partial charge in [0.2, 0.25) is 5.91 Å². The lowest BCUT2D eigenvalue weighted by atomic mass is 10.0. The van der Waals surface area contributed by atoms with Crippen LogP contribution in [0.3, 0.4) is 0 Å². The lowest BCUT2D eigenvalue weighted by Crippen LogP contribution is -2.21. The first kappa shape index (κ1) is 14.6. The summed E-state index contributed by atoms with van der Waals surface area (Å²) in [6.07, 6.45) is 0.458. The summed E-state index contributed by atoms with van der Waals surface area (Å²) in [6.45, 7) is 4.96. The molecule has 3 rings (SSSR count). The highest BCUT2D eigenvalue weighted by Crippen LogP contribution is 2.37. The van der Waals surface area contributed by atoms with Crippen molar-refractivity contribution in [1.29, 1.82) is 0 Å². The lowest BCUT2D eigenvalue weighted by Gasteiger charge is -2.18. The van der Waals surface area contributed by atoms with Gasteiger partial charge >= 0.3 is 0 Å². The van der Waals surface area contributed by atoms with Crippen molar-refractivity contribution in [2.45, 2.75) is 26.3 Å². The van der Waals surface area contributed by atoms with Gasteiger partial charge in [0.25, 0.3) is 0 Å². The van der Waals surface area contributed by atoms with Crippen molar-refractivity contribution in [2.24, 2.45) is 0 Å². The lowest BCUT2D eigenvalue weighted by molar-refractivity contribution is -0.115. The van der Waals surface area contributed by atoms with Crippen LogP contribution in [0.1, 0.15) is 34.5 Å². The fourth-order valence-electron chi connectivity index (χ4n) is 2.64. The van der Waals surface area contributed by atoms with Crippen molar-refractivity contribution in [3.05, 3.63) is 50.2 Å². The van der Waals surface area contributed by atoms with Crippen molar-refractivity contribution in [1.82, 2.24) is 5.32 Å². The zero-order valence-corrected chi connectivity index (χ0v) is 13.6. The molecule has 2 aromatic rings. The second-order valence-electron chi connectivity index (χ2n) is 5.23. The number of aryl methyl sites for hydroxylation is 1. The van der Waals surface area contributed by atoms with Crippen LogP contribution in [0.15, 0.2) is 23.6 Å². The van der Waals surface area contributed by atoms with E-state index in [2.05, 4.69) is 35.1 Å². The van der Waals surface area contributed by atoms with Crippen molar-refractivity contribution >= 4 is 34.5 Å². The summed E-state index contributed by atoms with van der Waals surface area (Å²) in [4.78, 5) is 12.6. The molecule has 5 heteroatoms. The number of nitrogens with one attached hydrogen (secondary N) is 2. The van der Waals surface area contributed by atoms with Crippen LogP contribution in [-0.2, 0) is 11.2 Å². The predicted molar refractivity (Wildman–Crippen MR) is 88.4 cm³/mol. The molecule has 1 atom stereocenters. The summed E-state index contributed by atoms with van der Waals surface area (Å²) in [5, 5.41) is 9.28. The van der Waals surface area contributed by atoms with Gasteiger partial charge in [-0.3, -0.25) is 4.79 Å². The number of thiophene rings is 1. The molecule has 2 heterocycles. The van der Waals surface area contributed by atoms with Crippen LogP contribution in [0.25, 0.3) is 0 Å². The zero-order chi connectivity index (χ0) is 15.0. The number of hydrogen-bond donors (Lipinski definition) is 2. The number of carbonyl (C=O) groups is 1. The molecule has 2 N–H and O–H groups in total. The fraction of sp³-hybridized carbons (Fsp3) is 0.312. The molecule has 0 radical (unpaired) electrons. The van der Waals surface area contributed by atoms with Gasteiger partial charge in [0.05, 0.1) is 17.5 Å². The Labute approximate surface area is 133 Å². The SMILES string of the molecule is CCNC(c1ccc2c(c1)CC(=O)N2)c1scc(C)c1Cl. The van der Waals surface area contributed by atoms with E-state index >= 15 is 0 Å². The smallest absolute Gasteiger partial charge is 0.228 e. The van der Waals surface area contributed by atoms with Gasteiger partial charge in [-0.15, -0.1) is 11.3 Å². The van der Waals surface area contributed by atoms with E-state index in [0.717, 1.165) is 38.8 Å². The average molecular weight is 321 g/mol. The third kappa shape index (κ3) is 2.71. The Bertz CT molecular complexity index is 696.